The Morgan fingerprint density at radius 3 is 2.87 bits per heavy atom. The summed E-state index contributed by atoms with van der Waals surface area (Å²) >= 11 is 0. The van der Waals surface area contributed by atoms with Crippen molar-refractivity contribution in [3.63, 3.8) is 0 Å². The maximum absolute atomic E-state index is 12.2. The zero-order valence-corrected chi connectivity index (χ0v) is 17.1. The molecule has 1 aliphatic rings. The van der Waals surface area contributed by atoms with E-state index in [2.05, 4.69) is 16.5 Å². The summed E-state index contributed by atoms with van der Waals surface area (Å²) in [6, 6.07) is 11.9. The van der Waals surface area contributed by atoms with Crippen molar-refractivity contribution in [1.82, 2.24) is 15.1 Å². The van der Waals surface area contributed by atoms with Crippen LogP contribution in [-0.2, 0) is 16.1 Å². The van der Waals surface area contributed by atoms with E-state index in [4.69, 9.17) is 10.2 Å². The minimum atomic E-state index is -0.365. The number of imide groups is 1. The smallest absolute Gasteiger partial charge is 0.234 e. The lowest BCUT2D eigenvalue weighted by Gasteiger charge is -2.19. The summed E-state index contributed by atoms with van der Waals surface area (Å²) in [6.45, 7) is 2.65. The maximum Gasteiger partial charge on any atom is 0.234 e. The van der Waals surface area contributed by atoms with E-state index in [1.165, 1.54) is 0 Å². The summed E-state index contributed by atoms with van der Waals surface area (Å²) < 4.78 is 7.65. The van der Waals surface area contributed by atoms with Gasteiger partial charge >= 0.3 is 0 Å². The van der Waals surface area contributed by atoms with Gasteiger partial charge in [-0.3, -0.25) is 19.6 Å². The number of nitrogen functional groups attached to an aromatic ring is 1. The molecule has 156 valence electrons. The number of piperidine rings is 1. The summed E-state index contributed by atoms with van der Waals surface area (Å²) in [5.41, 5.74) is 12.4. The van der Waals surface area contributed by atoms with Crippen LogP contribution < -0.4 is 11.1 Å². The standard InChI is InChI=1S/C24H22N4O3/c1-14-8-15(2-6-21(14)25)11-28-12-17(10-26-28)16-3-4-18-20(13-31-22(18)9-16)19-5-7-23(29)27-24(19)30/h2-4,6,8-10,12-13,19H,5,7,11,25H2,1H3,(H,27,29,30). The molecular weight excluding hydrogens is 392 g/mol. The zero-order valence-electron chi connectivity index (χ0n) is 17.1. The Morgan fingerprint density at radius 1 is 1.19 bits per heavy atom. The number of hydrogen-bond acceptors (Lipinski definition) is 5. The molecule has 0 spiro atoms. The van der Waals surface area contributed by atoms with Crippen molar-refractivity contribution in [2.24, 2.45) is 0 Å². The Morgan fingerprint density at radius 2 is 2.06 bits per heavy atom. The van der Waals surface area contributed by atoms with E-state index >= 15 is 0 Å². The number of amides is 2. The highest BCUT2D eigenvalue weighted by atomic mass is 16.3. The van der Waals surface area contributed by atoms with Crippen molar-refractivity contribution in [3.05, 3.63) is 71.7 Å². The van der Waals surface area contributed by atoms with Crippen molar-refractivity contribution < 1.29 is 14.0 Å². The summed E-state index contributed by atoms with van der Waals surface area (Å²) in [7, 11) is 0. The van der Waals surface area contributed by atoms with Gasteiger partial charge in [-0.2, -0.15) is 5.10 Å². The van der Waals surface area contributed by atoms with E-state index in [1.807, 2.05) is 54.3 Å². The molecule has 0 bridgehead atoms. The Balaban J connectivity index is 1.39. The predicted octanol–water partition coefficient (Wildman–Crippen LogP) is 3.76. The van der Waals surface area contributed by atoms with Crippen molar-refractivity contribution in [3.8, 4) is 11.1 Å². The SMILES string of the molecule is Cc1cc(Cn2cc(-c3ccc4c(C5CCC(=O)NC5=O)coc4c3)cn2)ccc1N. The van der Waals surface area contributed by atoms with E-state index < -0.39 is 0 Å². The van der Waals surface area contributed by atoms with Crippen molar-refractivity contribution >= 4 is 28.5 Å². The minimum Gasteiger partial charge on any atom is -0.464 e. The highest BCUT2D eigenvalue weighted by molar-refractivity contribution is 6.03. The number of furan rings is 1. The molecule has 3 heterocycles. The van der Waals surface area contributed by atoms with Crippen molar-refractivity contribution in [2.75, 3.05) is 5.73 Å². The van der Waals surface area contributed by atoms with Crippen molar-refractivity contribution in [1.29, 1.82) is 0 Å². The first kappa shape index (κ1) is 19.1. The highest BCUT2D eigenvalue weighted by Crippen LogP contribution is 2.34. The number of fused-ring (bicyclic) bond motifs is 1. The average molecular weight is 414 g/mol. The van der Waals surface area contributed by atoms with E-state index in [0.29, 0.717) is 25.0 Å². The van der Waals surface area contributed by atoms with Crippen LogP contribution in [0.1, 0.15) is 35.4 Å². The van der Waals surface area contributed by atoms with Crippen LogP contribution >= 0.6 is 0 Å². The third-order valence-electron chi connectivity index (χ3n) is 5.87. The van der Waals surface area contributed by atoms with Gasteiger partial charge in [0.15, 0.2) is 0 Å². The molecule has 7 heteroatoms. The number of hydrogen-bond donors (Lipinski definition) is 2. The molecule has 1 atom stereocenters. The zero-order chi connectivity index (χ0) is 21.5. The molecule has 0 radical (unpaired) electrons. The number of benzene rings is 2. The quantitative estimate of drug-likeness (QED) is 0.391. The fourth-order valence-electron chi connectivity index (χ4n) is 4.11. The number of nitrogens with zero attached hydrogens (tertiary/aromatic N) is 2. The van der Waals surface area contributed by atoms with E-state index in [0.717, 1.165) is 38.9 Å². The first-order chi connectivity index (χ1) is 15.0. The van der Waals surface area contributed by atoms with E-state index in [-0.39, 0.29) is 17.7 Å². The molecule has 0 aliphatic carbocycles. The van der Waals surface area contributed by atoms with Gasteiger partial charge in [0, 0.05) is 34.8 Å². The number of aryl methyl sites for hydroxylation is 1. The normalized spacial score (nSPS) is 16.6. The van der Waals surface area contributed by atoms with Gasteiger partial charge in [-0.1, -0.05) is 24.3 Å². The van der Waals surface area contributed by atoms with Crippen LogP contribution in [0.5, 0.6) is 0 Å². The molecule has 2 amide bonds. The molecule has 1 saturated heterocycles. The Labute approximate surface area is 178 Å². The summed E-state index contributed by atoms with van der Waals surface area (Å²) in [6.07, 6.45) is 6.29. The largest absolute Gasteiger partial charge is 0.464 e. The number of rotatable bonds is 4. The fourth-order valence-corrected chi connectivity index (χ4v) is 4.11. The van der Waals surface area contributed by atoms with Gasteiger partial charge in [0.1, 0.15) is 5.58 Å². The molecular formula is C24H22N4O3. The number of aromatic nitrogens is 2. The second-order valence-corrected chi connectivity index (χ2v) is 8.02. The first-order valence-corrected chi connectivity index (χ1v) is 10.2. The first-order valence-electron chi connectivity index (χ1n) is 10.2. The summed E-state index contributed by atoms with van der Waals surface area (Å²) in [5.74, 6) is -0.847. The average Bonchev–Trinajstić information content (AvgIpc) is 3.37. The molecule has 4 aromatic rings. The molecule has 2 aromatic carbocycles. The number of carbonyl (C=O) groups is 2. The second kappa shape index (κ2) is 7.43. The number of nitrogens with one attached hydrogen (secondary N) is 1. The molecule has 1 fully saturated rings. The van der Waals surface area contributed by atoms with Crippen molar-refractivity contribution in [2.45, 2.75) is 32.2 Å². The van der Waals surface area contributed by atoms with Crippen LogP contribution in [0, 0.1) is 6.92 Å². The monoisotopic (exact) mass is 414 g/mol. The van der Waals surface area contributed by atoms with Crippen LogP contribution in [0.4, 0.5) is 5.69 Å². The molecule has 5 rings (SSSR count). The molecule has 7 nitrogen and oxygen atoms in total. The maximum atomic E-state index is 12.2. The van der Waals surface area contributed by atoms with Gasteiger partial charge in [-0.05, 0) is 42.2 Å². The topological polar surface area (TPSA) is 103 Å². The van der Waals surface area contributed by atoms with Gasteiger partial charge in [0.2, 0.25) is 11.8 Å². The molecule has 1 aliphatic heterocycles. The van der Waals surface area contributed by atoms with E-state index in [9.17, 15) is 9.59 Å². The summed E-state index contributed by atoms with van der Waals surface area (Å²) in [5, 5.41) is 7.79. The Kier molecular flexibility index (Phi) is 4.58. The van der Waals surface area contributed by atoms with Gasteiger partial charge in [-0.25, -0.2) is 0 Å². The Hall–Kier alpha value is -3.87. The highest BCUT2D eigenvalue weighted by Gasteiger charge is 2.30. The lowest BCUT2D eigenvalue weighted by Crippen LogP contribution is -2.39. The molecule has 1 unspecified atom stereocenters. The third-order valence-corrected chi connectivity index (χ3v) is 5.87. The van der Waals surface area contributed by atoms with Crippen LogP contribution in [0.3, 0.4) is 0 Å². The van der Waals surface area contributed by atoms with Crippen LogP contribution in [0.15, 0.2) is 59.5 Å². The van der Waals surface area contributed by atoms with Crippen LogP contribution in [-0.4, -0.2) is 21.6 Å². The lowest BCUT2D eigenvalue weighted by atomic mass is 9.90. The number of carbonyl (C=O) groups excluding carboxylic acids is 2. The van der Waals surface area contributed by atoms with Crippen LogP contribution in [0.2, 0.25) is 0 Å². The fraction of sp³-hybridized carbons (Fsp3) is 0.208. The van der Waals surface area contributed by atoms with E-state index in [1.54, 1.807) is 6.26 Å². The predicted molar refractivity (Wildman–Crippen MR) is 117 cm³/mol. The molecule has 2 aromatic heterocycles. The lowest BCUT2D eigenvalue weighted by molar-refractivity contribution is -0.134. The number of nitrogens with two attached hydrogens (primary N) is 1. The second-order valence-electron chi connectivity index (χ2n) is 8.02. The Bertz CT molecular complexity index is 1320. The number of anilines is 1. The van der Waals surface area contributed by atoms with Gasteiger partial charge < -0.3 is 10.2 Å². The van der Waals surface area contributed by atoms with Gasteiger partial charge in [-0.15, -0.1) is 0 Å². The molecule has 31 heavy (non-hydrogen) atoms. The summed E-state index contributed by atoms with van der Waals surface area (Å²) in [4.78, 5) is 23.7. The third kappa shape index (κ3) is 3.59. The molecule has 3 N–H and O–H groups in total. The molecule has 0 saturated carbocycles. The van der Waals surface area contributed by atoms with Gasteiger partial charge in [0.25, 0.3) is 0 Å². The van der Waals surface area contributed by atoms with Crippen LogP contribution in [0.25, 0.3) is 22.1 Å². The minimum absolute atomic E-state index is 0.220. The van der Waals surface area contributed by atoms with Gasteiger partial charge in [0.05, 0.1) is 24.9 Å².